The fourth-order valence-corrected chi connectivity index (χ4v) is 3.02. The summed E-state index contributed by atoms with van der Waals surface area (Å²) in [4.78, 5) is 29.3. The normalized spacial score (nSPS) is 30.0. The standard InChI is InChI=1S/C15H17N5O5/c1-3-5-15(23)10(21)9(7(2)19-24)25-13(15)20-6-4-8-11(20)17-14(16)18-12(8)22/h4,6-7,9-10,13,21,23H,1-2H3,(H3,16,17,18,22)/t7-,9-,10?,13-,15-/m1/s1. The first-order valence-electron chi connectivity index (χ1n) is 7.52. The van der Waals surface area contributed by atoms with E-state index < -0.39 is 35.6 Å². The first kappa shape index (κ1) is 17.1. The Morgan fingerprint density at radius 3 is 2.96 bits per heavy atom. The molecule has 1 saturated heterocycles. The summed E-state index contributed by atoms with van der Waals surface area (Å²) in [5.41, 5.74) is 3.26. The van der Waals surface area contributed by atoms with Crippen molar-refractivity contribution in [1.29, 1.82) is 0 Å². The second-order valence-corrected chi connectivity index (χ2v) is 5.86. The van der Waals surface area contributed by atoms with Gasteiger partial charge in [0.1, 0.15) is 18.2 Å². The van der Waals surface area contributed by atoms with Crippen molar-refractivity contribution in [1.82, 2.24) is 14.5 Å². The van der Waals surface area contributed by atoms with Crippen molar-refractivity contribution in [3.63, 3.8) is 0 Å². The lowest BCUT2D eigenvalue weighted by Crippen LogP contribution is -2.47. The van der Waals surface area contributed by atoms with Gasteiger partial charge >= 0.3 is 0 Å². The van der Waals surface area contributed by atoms with E-state index in [-0.39, 0.29) is 17.0 Å². The largest absolute Gasteiger partial charge is 0.386 e. The molecule has 0 spiro atoms. The van der Waals surface area contributed by atoms with Gasteiger partial charge in [-0.05, 0) is 19.9 Å². The van der Waals surface area contributed by atoms with Crippen LogP contribution in [0, 0.1) is 16.7 Å². The second kappa shape index (κ2) is 5.96. The number of H-pyrrole nitrogens is 1. The maximum atomic E-state index is 12.0. The van der Waals surface area contributed by atoms with Gasteiger partial charge in [-0.2, -0.15) is 9.89 Å². The number of nitrogens with zero attached hydrogens (tertiary/aromatic N) is 3. The topological polar surface area (TPSA) is 156 Å². The molecule has 0 saturated carbocycles. The summed E-state index contributed by atoms with van der Waals surface area (Å²) in [6, 6.07) is 0.554. The molecule has 1 aliphatic rings. The number of hydrogen-bond donors (Lipinski definition) is 4. The maximum absolute atomic E-state index is 12.0. The highest BCUT2D eigenvalue weighted by molar-refractivity contribution is 5.76. The average Bonchev–Trinajstić information content (AvgIpc) is 3.08. The minimum absolute atomic E-state index is 0.111. The lowest BCUT2D eigenvalue weighted by atomic mass is 9.92. The smallest absolute Gasteiger partial charge is 0.261 e. The van der Waals surface area contributed by atoms with Crippen LogP contribution in [0.1, 0.15) is 20.1 Å². The highest BCUT2D eigenvalue weighted by Gasteiger charge is 2.57. The summed E-state index contributed by atoms with van der Waals surface area (Å²) in [5, 5.41) is 24.5. The molecule has 3 heterocycles. The van der Waals surface area contributed by atoms with Gasteiger partial charge in [0, 0.05) is 6.20 Å². The molecule has 0 aliphatic carbocycles. The summed E-state index contributed by atoms with van der Waals surface area (Å²) in [5.74, 6) is 4.97. The van der Waals surface area contributed by atoms with Crippen molar-refractivity contribution in [3.05, 3.63) is 27.5 Å². The van der Waals surface area contributed by atoms with E-state index in [0.717, 1.165) is 0 Å². The van der Waals surface area contributed by atoms with Gasteiger partial charge in [0.15, 0.2) is 17.5 Å². The molecule has 5 atom stereocenters. The van der Waals surface area contributed by atoms with Gasteiger partial charge < -0.3 is 25.3 Å². The van der Waals surface area contributed by atoms with Crippen molar-refractivity contribution in [3.8, 4) is 11.8 Å². The number of aliphatic hydroxyl groups excluding tert-OH is 1. The van der Waals surface area contributed by atoms with Crippen LogP contribution in [0.5, 0.6) is 0 Å². The molecule has 0 aromatic carbocycles. The molecule has 0 radical (unpaired) electrons. The van der Waals surface area contributed by atoms with Crippen molar-refractivity contribution in [2.24, 2.45) is 5.18 Å². The minimum Gasteiger partial charge on any atom is -0.386 e. The summed E-state index contributed by atoms with van der Waals surface area (Å²) in [7, 11) is 0. The zero-order chi connectivity index (χ0) is 18.4. The number of nitroso groups, excluding NO2 is 1. The molecule has 5 N–H and O–H groups in total. The fraction of sp³-hybridized carbons (Fsp3) is 0.467. The molecule has 3 rings (SSSR count). The molecular weight excluding hydrogens is 330 g/mol. The number of nitrogens with two attached hydrogens (primary N) is 1. The first-order chi connectivity index (χ1) is 11.8. The highest BCUT2D eigenvalue weighted by Crippen LogP contribution is 2.41. The Morgan fingerprint density at radius 2 is 2.32 bits per heavy atom. The van der Waals surface area contributed by atoms with E-state index in [1.165, 1.54) is 30.7 Å². The van der Waals surface area contributed by atoms with Crippen LogP contribution in [0.2, 0.25) is 0 Å². The summed E-state index contributed by atoms with van der Waals surface area (Å²) in [6.45, 7) is 2.95. The number of rotatable bonds is 3. The molecule has 1 unspecified atom stereocenters. The number of aliphatic hydroxyl groups is 2. The molecular formula is C15H17N5O5. The van der Waals surface area contributed by atoms with Gasteiger partial charge in [0.2, 0.25) is 5.95 Å². The fourth-order valence-electron chi connectivity index (χ4n) is 3.02. The van der Waals surface area contributed by atoms with E-state index in [1.807, 2.05) is 0 Å². The number of hydrogen-bond acceptors (Lipinski definition) is 8. The number of nitrogens with one attached hydrogen (secondary N) is 1. The van der Waals surface area contributed by atoms with E-state index in [2.05, 4.69) is 27.0 Å². The predicted molar refractivity (Wildman–Crippen MR) is 88.3 cm³/mol. The lowest BCUT2D eigenvalue weighted by molar-refractivity contribution is -0.0692. The van der Waals surface area contributed by atoms with Gasteiger partial charge in [0.25, 0.3) is 5.56 Å². The molecule has 1 fully saturated rings. The number of aromatic amines is 1. The molecule has 2 aromatic heterocycles. The number of aromatic nitrogens is 3. The van der Waals surface area contributed by atoms with Crippen molar-refractivity contribution in [2.75, 3.05) is 5.73 Å². The molecule has 132 valence electrons. The Kier molecular flexibility index (Phi) is 4.08. The van der Waals surface area contributed by atoms with Crippen molar-refractivity contribution >= 4 is 17.0 Å². The Hall–Kier alpha value is -2.74. The van der Waals surface area contributed by atoms with Gasteiger partial charge in [-0.25, -0.2) is 0 Å². The average molecular weight is 347 g/mol. The SMILES string of the molecule is CC#C[C@@]1(O)C(O)[C@@H]([C@@H](C)N=O)O[C@H]1n1ccc2c(=O)[nH]c(N)nc21. The third kappa shape index (κ3) is 2.49. The Labute approximate surface area is 141 Å². The molecule has 0 bridgehead atoms. The number of nitrogen functional groups attached to an aromatic ring is 1. The van der Waals surface area contributed by atoms with Crippen LogP contribution in [0.15, 0.2) is 22.2 Å². The summed E-state index contributed by atoms with van der Waals surface area (Å²) in [6.07, 6.45) is -2.32. The number of fused-ring (bicyclic) bond motifs is 1. The van der Waals surface area contributed by atoms with E-state index in [0.29, 0.717) is 0 Å². The van der Waals surface area contributed by atoms with Gasteiger partial charge in [-0.3, -0.25) is 9.78 Å². The zero-order valence-corrected chi connectivity index (χ0v) is 13.5. The van der Waals surface area contributed by atoms with Crippen LogP contribution in [0.3, 0.4) is 0 Å². The van der Waals surface area contributed by atoms with Crippen LogP contribution >= 0.6 is 0 Å². The Morgan fingerprint density at radius 1 is 1.60 bits per heavy atom. The van der Waals surface area contributed by atoms with E-state index >= 15 is 0 Å². The number of ether oxygens (including phenoxy) is 1. The quantitative estimate of drug-likeness (QED) is 0.429. The molecule has 2 aromatic rings. The van der Waals surface area contributed by atoms with Crippen molar-refractivity contribution in [2.45, 2.75) is 43.9 Å². The second-order valence-electron chi connectivity index (χ2n) is 5.86. The van der Waals surface area contributed by atoms with Gasteiger partial charge in [-0.1, -0.05) is 11.1 Å². The highest BCUT2D eigenvalue weighted by atomic mass is 16.6. The minimum atomic E-state index is -2.02. The third-order valence-corrected chi connectivity index (χ3v) is 4.24. The summed E-state index contributed by atoms with van der Waals surface area (Å²) < 4.78 is 7.05. The van der Waals surface area contributed by atoms with Crippen LogP contribution in [0.4, 0.5) is 5.95 Å². The van der Waals surface area contributed by atoms with Crippen LogP contribution in [-0.2, 0) is 4.74 Å². The summed E-state index contributed by atoms with van der Waals surface area (Å²) >= 11 is 0. The Bertz CT molecular complexity index is 941. The molecule has 0 amide bonds. The number of anilines is 1. The maximum Gasteiger partial charge on any atom is 0.261 e. The van der Waals surface area contributed by atoms with E-state index in [4.69, 9.17) is 10.5 Å². The van der Waals surface area contributed by atoms with Gasteiger partial charge in [-0.15, -0.1) is 5.92 Å². The molecule has 25 heavy (non-hydrogen) atoms. The van der Waals surface area contributed by atoms with E-state index in [9.17, 15) is 19.9 Å². The van der Waals surface area contributed by atoms with Gasteiger partial charge in [0.05, 0.1) is 5.39 Å². The zero-order valence-electron chi connectivity index (χ0n) is 13.5. The van der Waals surface area contributed by atoms with Crippen LogP contribution in [0.25, 0.3) is 11.0 Å². The molecule has 10 nitrogen and oxygen atoms in total. The molecule has 10 heteroatoms. The lowest BCUT2D eigenvalue weighted by Gasteiger charge is -2.26. The monoisotopic (exact) mass is 347 g/mol. The van der Waals surface area contributed by atoms with Crippen LogP contribution in [-0.4, -0.2) is 48.6 Å². The third-order valence-electron chi connectivity index (χ3n) is 4.24. The van der Waals surface area contributed by atoms with E-state index in [1.54, 1.807) is 0 Å². The van der Waals surface area contributed by atoms with Crippen molar-refractivity contribution < 1.29 is 14.9 Å². The predicted octanol–water partition coefficient (Wildman–Crippen LogP) is -0.526. The molecule has 1 aliphatic heterocycles. The first-order valence-corrected chi connectivity index (χ1v) is 7.52. The Balaban J connectivity index is 2.19. The van der Waals surface area contributed by atoms with Crippen LogP contribution < -0.4 is 11.3 Å².